The van der Waals surface area contributed by atoms with Crippen LogP contribution in [0.3, 0.4) is 0 Å². The Bertz CT molecular complexity index is 927. The zero-order valence-corrected chi connectivity index (χ0v) is 16.5. The smallest absolute Gasteiger partial charge is 0.161 e. The van der Waals surface area contributed by atoms with Crippen LogP contribution in [0.4, 0.5) is 17.3 Å². The predicted octanol–water partition coefficient (Wildman–Crippen LogP) is 1.71. The second-order valence-corrected chi connectivity index (χ2v) is 7.21. The molecule has 2 saturated heterocycles. The van der Waals surface area contributed by atoms with Crippen molar-refractivity contribution in [2.24, 2.45) is 0 Å². The lowest BCUT2D eigenvalue weighted by Gasteiger charge is -2.37. The minimum absolute atomic E-state index is 0.0119. The van der Waals surface area contributed by atoms with Gasteiger partial charge in [0.1, 0.15) is 18.0 Å². The Hall–Kier alpha value is -3.18. The molecule has 8 nitrogen and oxygen atoms in total. The second kappa shape index (κ2) is 8.45. The minimum atomic E-state index is 0.0119. The van der Waals surface area contributed by atoms with Gasteiger partial charge in [-0.3, -0.25) is 4.79 Å². The molecule has 0 aliphatic carbocycles. The number of ketones is 1. The zero-order chi connectivity index (χ0) is 20.2. The number of Topliss-reactive ketones (excluding diaryl/α,β-unsaturated/α-hetero) is 1. The van der Waals surface area contributed by atoms with Crippen molar-refractivity contribution >= 4 is 23.1 Å². The summed E-state index contributed by atoms with van der Waals surface area (Å²) in [5.41, 5.74) is 2.07. The molecule has 2 aliphatic heterocycles. The van der Waals surface area contributed by atoms with E-state index in [-0.39, 0.29) is 5.78 Å². The average molecular weight is 392 g/mol. The van der Waals surface area contributed by atoms with Crippen molar-refractivity contribution in [3.8, 4) is 6.07 Å². The van der Waals surface area contributed by atoms with Crippen molar-refractivity contribution in [1.29, 1.82) is 5.26 Å². The molecular weight excluding hydrogens is 368 g/mol. The summed E-state index contributed by atoms with van der Waals surface area (Å²) in [6.07, 6.45) is 1.62. The fourth-order valence-electron chi connectivity index (χ4n) is 3.81. The molecule has 29 heavy (non-hydrogen) atoms. The van der Waals surface area contributed by atoms with Gasteiger partial charge < -0.3 is 19.4 Å². The van der Waals surface area contributed by atoms with E-state index in [0.29, 0.717) is 11.1 Å². The van der Waals surface area contributed by atoms with Gasteiger partial charge in [0.05, 0.1) is 24.8 Å². The quantitative estimate of drug-likeness (QED) is 0.727. The third-order valence-electron chi connectivity index (χ3n) is 5.42. The van der Waals surface area contributed by atoms with Gasteiger partial charge in [-0.15, -0.1) is 0 Å². The van der Waals surface area contributed by atoms with Crippen LogP contribution in [-0.4, -0.2) is 68.2 Å². The number of hydrogen-bond donors (Lipinski definition) is 0. The molecule has 0 bridgehead atoms. The summed E-state index contributed by atoms with van der Waals surface area (Å²) in [4.78, 5) is 27.6. The summed E-state index contributed by atoms with van der Waals surface area (Å²) in [5.74, 6) is 1.86. The highest BCUT2D eigenvalue weighted by molar-refractivity contribution is 6.00. The summed E-state index contributed by atoms with van der Waals surface area (Å²) in [7, 11) is 0. The standard InChI is InChI=1S/C21H24N6O2/c1-16(28)18-3-2-17(14-22)12-19(18)25-4-6-26(7-5-25)20-13-21(24-15-23-20)27-8-10-29-11-9-27/h2-3,12-13,15H,4-11H2,1H3. The van der Waals surface area contributed by atoms with Crippen LogP contribution in [0.2, 0.25) is 0 Å². The Balaban J connectivity index is 1.48. The number of nitrogens with zero attached hydrogens (tertiary/aromatic N) is 6. The Morgan fingerprint density at radius 2 is 1.59 bits per heavy atom. The molecule has 0 saturated carbocycles. The van der Waals surface area contributed by atoms with Crippen molar-refractivity contribution in [1.82, 2.24) is 9.97 Å². The van der Waals surface area contributed by atoms with Crippen molar-refractivity contribution in [2.75, 3.05) is 67.2 Å². The summed E-state index contributed by atoms with van der Waals surface area (Å²) < 4.78 is 5.42. The highest BCUT2D eigenvalue weighted by atomic mass is 16.5. The molecule has 0 unspecified atom stereocenters. The van der Waals surface area contributed by atoms with E-state index < -0.39 is 0 Å². The lowest BCUT2D eigenvalue weighted by Crippen LogP contribution is -2.47. The van der Waals surface area contributed by atoms with E-state index >= 15 is 0 Å². The van der Waals surface area contributed by atoms with Crippen LogP contribution in [0.25, 0.3) is 0 Å². The Morgan fingerprint density at radius 1 is 0.966 bits per heavy atom. The van der Waals surface area contributed by atoms with Gasteiger partial charge in [0.2, 0.25) is 0 Å². The normalized spacial score (nSPS) is 17.2. The monoisotopic (exact) mass is 392 g/mol. The summed E-state index contributed by atoms with van der Waals surface area (Å²) in [6.45, 7) is 7.77. The second-order valence-electron chi connectivity index (χ2n) is 7.21. The molecule has 0 spiro atoms. The molecule has 8 heteroatoms. The third kappa shape index (κ3) is 4.15. The first-order chi connectivity index (χ1) is 14.2. The maximum Gasteiger partial charge on any atom is 0.161 e. The molecule has 4 rings (SSSR count). The first-order valence-corrected chi connectivity index (χ1v) is 9.85. The lowest BCUT2D eigenvalue weighted by molar-refractivity contribution is 0.101. The fraction of sp³-hybridized carbons (Fsp3) is 0.429. The van der Waals surface area contributed by atoms with E-state index in [1.807, 2.05) is 12.1 Å². The molecule has 0 atom stereocenters. The number of hydrogen-bond acceptors (Lipinski definition) is 8. The van der Waals surface area contributed by atoms with Gasteiger partial charge in [-0.2, -0.15) is 5.26 Å². The van der Waals surface area contributed by atoms with Crippen molar-refractivity contribution in [3.05, 3.63) is 41.7 Å². The Kier molecular flexibility index (Phi) is 5.58. The van der Waals surface area contributed by atoms with Crippen molar-refractivity contribution in [3.63, 3.8) is 0 Å². The summed E-state index contributed by atoms with van der Waals surface area (Å²) in [6, 6.07) is 9.47. The molecule has 3 heterocycles. The van der Waals surface area contributed by atoms with E-state index in [1.54, 1.807) is 25.4 Å². The van der Waals surface area contributed by atoms with Crippen molar-refractivity contribution < 1.29 is 9.53 Å². The molecule has 0 radical (unpaired) electrons. The van der Waals surface area contributed by atoms with Crippen LogP contribution in [0.5, 0.6) is 0 Å². The number of carbonyl (C=O) groups is 1. The van der Waals surface area contributed by atoms with Crippen LogP contribution < -0.4 is 14.7 Å². The molecule has 150 valence electrons. The Morgan fingerprint density at radius 3 is 2.21 bits per heavy atom. The van der Waals surface area contributed by atoms with Crippen LogP contribution in [0, 0.1) is 11.3 Å². The van der Waals surface area contributed by atoms with E-state index in [2.05, 4.69) is 30.7 Å². The number of anilines is 3. The van der Waals surface area contributed by atoms with Crippen LogP contribution >= 0.6 is 0 Å². The zero-order valence-electron chi connectivity index (χ0n) is 16.5. The number of morpholine rings is 1. The largest absolute Gasteiger partial charge is 0.378 e. The van der Waals surface area contributed by atoms with Crippen molar-refractivity contribution in [2.45, 2.75) is 6.92 Å². The minimum Gasteiger partial charge on any atom is -0.378 e. The number of benzene rings is 1. The number of ether oxygens (including phenoxy) is 1. The molecule has 2 aliphatic rings. The van der Waals surface area contributed by atoms with Crippen LogP contribution in [0.1, 0.15) is 22.8 Å². The van der Waals surface area contributed by atoms with Gasteiger partial charge in [0.25, 0.3) is 0 Å². The molecule has 2 aromatic rings. The lowest BCUT2D eigenvalue weighted by atomic mass is 10.0. The maximum absolute atomic E-state index is 12.0. The molecule has 0 N–H and O–H groups in total. The maximum atomic E-state index is 12.0. The Labute approximate surface area is 170 Å². The molecule has 1 aromatic heterocycles. The van der Waals surface area contributed by atoms with Gasteiger partial charge in [0.15, 0.2) is 5.78 Å². The number of aromatic nitrogens is 2. The summed E-state index contributed by atoms with van der Waals surface area (Å²) >= 11 is 0. The van der Waals surface area contributed by atoms with Gasteiger partial charge in [-0.05, 0) is 25.1 Å². The van der Waals surface area contributed by atoms with Crippen LogP contribution in [0.15, 0.2) is 30.6 Å². The number of carbonyl (C=O) groups excluding carboxylic acids is 1. The van der Waals surface area contributed by atoms with Crippen LogP contribution in [-0.2, 0) is 4.74 Å². The first kappa shape index (κ1) is 19.2. The van der Waals surface area contributed by atoms with Gasteiger partial charge in [0, 0.05) is 56.6 Å². The highest BCUT2D eigenvalue weighted by Crippen LogP contribution is 2.26. The fourth-order valence-corrected chi connectivity index (χ4v) is 3.81. The third-order valence-corrected chi connectivity index (χ3v) is 5.42. The number of nitriles is 1. The number of rotatable bonds is 4. The van der Waals surface area contributed by atoms with Gasteiger partial charge >= 0.3 is 0 Å². The van der Waals surface area contributed by atoms with E-state index in [4.69, 9.17) is 4.74 Å². The molecule has 2 fully saturated rings. The van der Waals surface area contributed by atoms with E-state index in [9.17, 15) is 10.1 Å². The molecule has 0 amide bonds. The topological polar surface area (TPSA) is 85.6 Å². The number of piperazine rings is 1. The highest BCUT2D eigenvalue weighted by Gasteiger charge is 2.23. The summed E-state index contributed by atoms with van der Waals surface area (Å²) in [5, 5.41) is 9.23. The van der Waals surface area contributed by atoms with E-state index in [0.717, 1.165) is 69.8 Å². The molecular formula is C21H24N6O2. The average Bonchev–Trinajstić information content (AvgIpc) is 2.79. The molecule has 1 aromatic carbocycles. The SMILES string of the molecule is CC(=O)c1ccc(C#N)cc1N1CCN(c2cc(N3CCOCC3)ncn2)CC1. The predicted molar refractivity (Wildman–Crippen MR) is 111 cm³/mol. The van der Waals surface area contributed by atoms with Gasteiger partial charge in [-0.1, -0.05) is 0 Å². The first-order valence-electron chi connectivity index (χ1n) is 9.85. The van der Waals surface area contributed by atoms with Gasteiger partial charge in [-0.25, -0.2) is 9.97 Å². The van der Waals surface area contributed by atoms with E-state index in [1.165, 1.54) is 0 Å².